The second-order valence-corrected chi connectivity index (χ2v) is 27.5. The van der Waals surface area contributed by atoms with Crippen molar-refractivity contribution in [3.05, 3.63) is 47.3 Å². The number of aromatic hydroxyl groups is 1. The van der Waals surface area contributed by atoms with Gasteiger partial charge in [-0.2, -0.15) is 11.8 Å². The molecule has 0 spiro atoms. The number of fused-ring (bicyclic) bond motifs is 5. The Balaban J connectivity index is 0.943. The quantitative estimate of drug-likeness (QED) is 0.0200. The first-order valence-electron chi connectivity index (χ1n) is 33.8. The van der Waals surface area contributed by atoms with E-state index in [1.54, 1.807) is 24.7 Å². The molecule has 6 heterocycles. The van der Waals surface area contributed by atoms with Crippen molar-refractivity contribution in [2.45, 2.75) is 120 Å². The predicted octanol–water partition coefficient (Wildman–Crippen LogP) is -3.67. The van der Waals surface area contributed by atoms with E-state index < -0.39 is 188 Å². The average molecular weight is 1480 g/mol. The molecule has 12 N–H and O–H groups in total. The fourth-order valence-electron chi connectivity index (χ4n) is 11.7. The Morgan fingerprint density at radius 3 is 1.98 bits per heavy atom. The zero-order chi connectivity index (χ0) is 73.8. The topological polar surface area (TPSA) is 490 Å². The lowest BCUT2D eigenvalue weighted by molar-refractivity contribution is -0.144. The molecule has 102 heavy (non-hydrogen) atoms. The molecule has 11 atom stereocenters. The van der Waals surface area contributed by atoms with E-state index in [0.29, 0.717) is 108 Å². The Hall–Kier alpha value is -7.69. The van der Waals surface area contributed by atoms with Gasteiger partial charge in [-0.15, -0.1) is 5.10 Å². The van der Waals surface area contributed by atoms with Crippen LogP contribution in [-0.4, -0.2) is 286 Å². The molecule has 564 valence electrons. The monoisotopic (exact) mass is 1470 g/mol. The molecule has 35 nitrogen and oxygen atoms in total. The minimum absolute atomic E-state index is 0.0488. The van der Waals surface area contributed by atoms with Crippen LogP contribution in [0, 0.1) is 23.7 Å². The third-order valence-electron chi connectivity index (χ3n) is 17.6. The molecule has 2 bridgehead atoms. The van der Waals surface area contributed by atoms with Gasteiger partial charge < -0.3 is 95.8 Å². The van der Waals surface area contributed by atoms with Crippen LogP contribution in [-0.2, 0) is 122 Å². The summed E-state index contributed by atoms with van der Waals surface area (Å²) in [6, 6.07) is -4.16. The maximum Gasteiger partial charge on any atom is 0.253 e. The van der Waals surface area contributed by atoms with Crippen LogP contribution >= 0.6 is 11.8 Å². The molecule has 1 saturated heterocycles. The van der Waals surface area contributed by atoms with Gasteiger partial charge in [0.15, 0.2) is 11.6 Å². The molecule has 1 fully saturated rings. The van der Waals surface area contributed by atoms with Gasteiger partial charge in [-0.05, 0) is 30.0 Å². The Morgan fingerprint density at radius 1 is 0.765 bits per heavy atom. The van der Waals surface area contributed by atoms with Crippen molar-refractivity contribution in [1.82, 2.24) is 56.4 Å². The molecule has 0 saturated carbocycles. The summed E-state index contributed by atoms with van der Waals surface area (Å²) in [6.07, 6.45) is -1.42. The number of ketones is 2. The minimum Gasteiger partial charge on any atom is -0.508 e. The average Bonchev–Trinajstić information content (AvgIpc) is 1.61. The lowest BCUT2D eigenvalue weighted by Gasteiger charge is -2.32. The van der Waals surface area contributed by atoms with Crippen molar-refractivity contribution in [2.75, 3.05) is 130 Å². The largest absolute Gasteiger partial charge is 0.508 e. The fourth-order valence-corrected chi connectivity index (χ4v) is 13.9. The summed E-state index contributed by atoms with van der Waals surface area (Å²) in [6.45, 7) is 7.15. The SMILES string of the molecule is CC[C@H](C)[C@@H]1CC(=O)CNC(=O)[C@H]2CC(=O)[C@H]([C@@H](C)[C@@H](O)CO)NC(=O)[C@@H]3C[C@@H](O)CN3C(=O)[C@H](CC(N)=O)NC(=O)[C@H](CS(=O)c3[nH]c4c(CSCCOCCOCCOCCOCCOCCOCCOCCn5cc(CN6C(=O)C=CC6=O)nn5)c(O)ccc4c3C2)NC(=O)CNC1=O. The van der Waals surface area contributed by atoms with Gasteiger partial charge in [0.25, 0.3) is 11.8 Å². The van der Waals surface area contributed by atoms with Crippen molar-refractivity contribution in [3.63, 3.8) is 0 Å². The highest BCUT2D eigenvalue weighted by atomic mass is 32.2. The minimum atomic E-state index is -2.45. The summed E-state index contributed by atoms with van der Waals surface area (Å²) in [5, 5.41) is 64.1. The number of benzene rings is 1. The highest BCUT2D eigenvalue weighted by Gasteiger charge is 2.45. The highest BCUT2D eigenvalue weighted by Crippen LogP contribution is 2.37. The molecule has 4 aliphatic heterocycles. The van der Waals surface area contributed by atoms with Crippen LogP contribution in [0.15, 0.2) is 35.5 Å². The Labute approximate surface area is 594 Å². The number of carbonyl (C=O) groups excluding carboxylic acids is 11. The predicted molar refractivity (Wildman–Crippen MR) is 361 cm³/mol. The molecule has 3 aromatic rings. The van der Waals surface area contributed by atoms with E-state index in [9.17, 15) is 73.2 Å². The third kappa shape index (κ3) is 24.5. The number of aromatic nitrogens is 4. The summed E-state index contributed by atoms with van der Waals surface area (Å²) in [5.41, 5.74) is 6.73. The first-order valence-corrected chi connectivity index (χ1v) is 36.3. The smallest absolute Gasteiger partial charge is 0.253 e. The molecule has 1 unspecified atom stereocenters. The number of hydrogen-bond acceptors (Lipinski definition) is 26. The number of phenols is 1. The Kier molecular flexibility index (Phi) is 33.3. The van der Waals surface area contributed by atoms with Gasteiger partial charge in [0.2, 0.25) is 41.4 Å². The molecule has 4 aliphatic rings. The maximum absolute atomic E-state index is 15.3. The van der Waals surface area contributed by atoms with Crippen LogP contribution in [0.5, 0.6) is 5.75 Å². The standard InChI is InChI=1S/C65H94N12O23S2/c1-4-38(2)45-27-42(79)30-67-60(88)40-25-46-44-5-6-51(81)47(36-101-24-23-100-22-21-99-20-19-98-18-17-97-16-15-96-14-13-95-12-11-94-10-9-75-32-41(73-74-75)33-77-56(86)7-8-57(77)87)59(44)72-64(46)102(93)37-49(69-55(85)31-68-61(45)89)62(90)70-48(29-54(66)84)65(92)76-34-43(80)28-50(76)63(91)71-58(52(82)26-40)39(3)53(83)35-78/h5-8,32,38-40,43,45,48-50,53,58,72,78,80-81,83H,4,9-31,33-37H2,1-3H3,(H2,66,84)(H,67,88)(H,68,89)(H,69,85)(H,70,90)(H,71,91)/t38-,39-,40+,43+,45-,48-,49-,50-,53-,58-,102?/m0/s1. The molecule has 1 aromatic carbocycles. The molecule has 37 heteroatoms. The third-order valence-corrected chi connectivity index (χ3v) is 19.9. The summed E-state index contributed by atoms with van der Waals surface area (Å²) in [7, 11) is -2.45. The number of aliphatic hydroxyl groups excluding tert-OH is 3. The highest BCUT2D eigenvalue weighted by molar-refractivity contribution is 7.98. The molecular formula is C65H94N12O23S2. The van der Waals surface area contributed by atoms with Crippen molar-refractivity contribution in [1.29, 1.82) is 0 Å². The van der Waals surface area contributed by atoms with Crippen LogP contribution in [0.3, 0.4) is 0 Å². The molecule has 2 aromatic heterocycles. The number of amides is 9. The Bertz CT molecular complexity index is 3430. The number of phenolic OH excluding ortho intramolecular Hbond substituents is 1. The van der Waals surface area contributed by atoms with Gasteiger partial charge in [0.05, 0.1) is 178 Å². The lowest BCUT2D eigenvalue weighted by Crippen LogP contribution is -2.60. The number of nitrogens with one attached hydrogen (secondary N) is 6. The number of rotatable bonds is 35. The van der Waals surface area contributed by atoms with Gasteiger partial charge in [-0.25, -0.2) is 4.68 Å². The number of hydrogen-bond donors (Lipinski definition) is 11. The van der Waals surface area contributed by atoms with Crippen LogP contribution in [0.25, 0.3) is 10.9 Å². The van der Waals surface area contributed by atoms with Gasteiger partial charge in [0, 0.05) is 78.2 Å². The van der Waals surface area contributed by atoms with Crippen molar-refractivity contribution in [2.24, 2.45) is 29.4 Å². The number of aromatic amines is 1. The van der Waals surface area contributed by atoms with Gasteiger partial charge in [-0.1, -0.05) is 32.4 Å². The second-order valence-electron chi connectivity index (χ2n) is 24.9. The number of imide groups is 1. The zero-order valence-corrected chi connectivity index (χ0v) is 59.0. The molecule has 0 radical (unpaired) electrons. The normalized spacial score (nSPS) is 23.2. The first-order chi connectivity index (χ1) is 49.0. The number of primary amides is 1. The van der Waals surface area contributed by atoms with Crippen LogP contribution in [0.4, 0.5) is 0 Å². The fraction of sp³-hybridized carbons (Fsp3) is 0.646. The van der Waals surface area contributed by atoms with E-state index in [0.717, 1.165) is 9.80 Å². The second kappa shape index (κ2) is 41.6. The first kappa shape index (κ1) is 81.6. The van der Waals surface area contributed by atoms with Crippen LogP contribution in [0.2, 0.25) is 0 Å². The summed E-state index contributed by atoms with van der Waals surface area (Å²) in [4.78, 5) is 156. The zero-order valence-electron chi connectivity index (χ0n) is 57.3. The summed E-state index contributed by atoms with van der Waals surface area (Å²) >= 11 is 1.35. The van der Waals surface area contributed by atoms with E-state index >= 15 is 4.21 Å². The van der Waals surface area contributed by atoms with Crippen LogP contribution < -0.4 is 32.3 Å². The summed E-state index contributed by atoms with van der Waals surface area (Å²) in [5.74, 6) is -14.0. The Morgan fingerprint density at radius 2 is 1.37 bits per heavy atom. The number of carbonyl (C=O) groups is 11. The number of nitrogens with zero attached hydrogens (tertiary/aromatic N) is 5. The molecular weight excluding hydrogens is 1380 g/mol. The van der Waals surface area contributed by atoms with E-state index in [1.165, 1.54) is 43.0 Å². The number of aliphatic hydroxyl groups is 3. The van der Waals surface area contributed by atoms with Crippen molar-refractivity contribution in [3.8, 4) is 5.75 Å². The van der Waals surface area contributed by atoms with Crippen molar-refractivity contribution < 1.29 is 111 Å². The number of nitrogens with two attached hydrogens (primary N) is 1. The van der Waals surface area contributed by atoms with Crippen molar-refractivity contribution >= 4 is 98.2 Å². The maximum atomic E-state index is 15.3. The van der Waals surface area contributed by atoms with E-state index in [-0.39, 0.29) is 65.8 Å². The van der Waals surface area contributed by atoms with Gasteiger partial charge in [0.1, 0.15) is 34.6 Å². The van der Waals surface area contributed by atoms with E-state index in [2.05, 4.69) is 41.9 Å². The van der Waals surface area contributed by atoms with E-state index in [4.69, 9.17) is 38.9 Å². The number of thioether (sulfide) groups is 1. The van der Waals surface area contributed by atoms with E-state index in [1.807, 2.05) is 0 Å². The summed E-state index contributed by atoms with van der Waals surface area (Å²) < 4.78 is 56.1. The number of ether oxygens (including phenoxy) is 7. The van der Waals surface area contributed by atoms with Crippen LogP contribution in [0.1, 0.15) is 69.7 Å². The van der Waals surface area contributed by atoms with Gasteiger partial charge >= 0.3 is 0 Å². The molecule has 7 rings (SSSR count). The molecule has 9 amide bonds. The number of H-pyrrole nitrogens is 1. The number of Topliss-reactive ketones (excluding diaryl/α,β-unsaturated/α-hetero) is 2. The molecule has 0 aliphatic carbocycles. The lowest BCUT2D eigenvalue weighted by atomic mass is 9.85. The van der Waals surface area contributed by atoms with Gasteiger partial charge in [-0.3, -0.25) is 61.8 Å².